The van der Waals surface area contributed by atoms with Gasteiger partial charge < -0.3 is 5.32 Å². The Labute approximate surface area is 140 Å². The highest BCUT2D eigenvalue weighted by Gasteiger charge is 2.10. The molecule has 0 saturated carbocycles. The van der Waals surface area contributed by atoms with Gasteiger partial charge in [0.1, 0.15) is 5.82 Å². The Hall–Kier alpha value is -3.02. The number of pyridine rings is 1. The van der Waals surface area contributed by atoms with Crippen molar-refractivity contribution in [3.8, 4) is 11.4 Å². The first-order valence-corrected chi connectivity index (χ1v) is 7.95. The van der Waals surface area contributed by atoms with Crippen LogP contribution in [0.5, 0.6) is 0 Å². The number of aryl methyl sites for hydroxylation is 1. The first-order chi connectivity index (χ1) is 11.8. The summed E-state index contributed by atoms with van der Waals surface area (Å²) in [6.07, 6.45) is 4.74. The first kappa shape index (κ1) is 15.9. The fourth-order valence-corrected chi connectivity index (χ4v) is 2.44. The van der Waals surface area contributed by atoms with Crippen LogP contribution in [0, 0.1) is 0 Å². The van der Waals surface area contributed by atoms with E-state index in [9.17, 15) is 4.79 Å². The van der Waals surface area contributed by atoms with Crippen LogP contribution >= 0.6 is 0 Å². The molecule has 0 bridgehead atoms. The van der Waals surface area contributed by atoms with E-state index in [2.05, 4.69) is 25.5 Å². The van der Waals surface area contributed by atoms with Gasteiger partial charge in [-0.3, -0.25) is 14.9 Å². The van der Waals surface area contributed by atoms with Crippen molar-refractivity contribution in [2.45, 2.75) is 19.8 Å². The number of aromatic amines is 1. The molecule has 0 unspecified atom stereocenters. The highest BCUT2D eigenvalue weighted by molar-refractivity contribution is 5.95. The van der Waals surface area contributed by atoms with E-state index in [0.717, 1.165) is 23.4 Å². The lowest BCUT2D eigenvalue weighted by Crippen LogP contribution is -2.27. The number of carbonyl (C=O) groups excluding carboxylic acids is 1. The minimum atomic E-state index is -0.0861. The maximum Gasteiger partial charge on any atom is 0.251 e. The summed E-state index contributed by atoms with van der Waals surface area (Å²) < 4.78 is 0. The second kappa shape index (κ2) is 7.50. The summed E-state index contributed by atoms with van der Waals surface area (Å²) in [5.41, 5.74) is 2.59. The molecule has 0 radical (unpaired) electrons. The average molecular weight is 321 g/mol. The number of hydrogen-bond donors (Lipinski definition) is 2. The van der Waals surface area contributed by atoms with Gasteiger partial charge in [-0.25, -0.2) is 4.98 Å². The number of nitrogens with one attached hydrogen (secondary N) is 2. The third kappa shape index (κ3) is 3.65. The molecule has 24 heavy (non-hydrogen) atoms. The minimum absolute atomic E-state index is 0.0861. The van der Waals surface area contributed by atoms with E-state index >= 15 is 0 Å². The summed E-state index contributed by atoms with van der Waals surface area (Å²) in [6, 6.07) is 11.5. The van der Waals surface area contributed by atoms with Crippen LogP contribution in [0.1, 0.15) is 28.7 Å². The molecule has 0 spiro atoms. The molecule has 1 amide bonds. The largest absolute Gasteiger partial charge is 0.352 e. The predicted octanol–water partition coefficient (Wildman–Crippen LogP) is 2.40. The molecule has 2 aromatic heterocycles. The van der Waals surface area contributed by atoms with Gasteiger partial charge in [0.15, 0.2) is 5.82 Å². The molecule has 0 atom stereocenters. The SMILES string of the molecule is CCc1cnccc1C(=O)NCCc1nc(-c2ccccc2)n[nH]1. The zero-order valence-corrected chi connectivity index (χ0v) is 13.5. The third-order valence-corrected chi connectivity index (χ3v) is 3.74. The van der Waals surface area contributed by atoms with E-state index in [0.29, 0.717) is 24.4 Å². The van der Waals surface area contributed by atoms with Crippen LogP contribution in [0.15, 0.2) is 48.8 Å². The molecule has 0 saturated heterocycles. The summed E-state index contributed by atoms with van der Waals surface area (Å²) in [4.78, 5) is 20.8. The number of amides is 1. The van der Waals surface area contributed by atoms with Crippen molar-refractivity contribution < 1.29 is 4.79 Å². The van der Waals surface area contributed by atoms with Crippen LogP contribution in [0.2, 0.25) is 0 Å². The van der Waals surface area contributed by atoms with Crippen molar-refractivity contribution in [1.82, 2.24) is 25.5 Å². The quantitative estimate of drug-likeness (QED) is 0.730. The Morgan fingerprint density at radius 2 is 2.04 bits per heavy atom. The summed E-state index contributed by atoms with van der Waals surface area (Å²) in [6.45, 7) is 2.50. The number of rotatable bonds is 6. The van der Waals surface area contributed by atoms with Crippen molar-refractivity contribution in [2.24, 2.45) is 0 Å². The molecule has 3 rings (SSSR count). The number of nitrogens with zero attached hydrogens (tertiary/aromatic N) is 3. The molecular formula is C18H19N5O. The van der Waals surface area contributed by atoms with Gasteiger partial charge in [-0.2, -0.15) is 5.10 Å². The van der Waals surface area contributed by atoms with E-state index in [4.69, 9.17) is 0 Å². The van der Waals surface area contributed by atoms with Crippen molar-refractivity contribution in [3.63, 3.8) is 0 Å². The van der Waals surface area contributed by atoms with E-state index in [-0.39, 0.29) is 5.91 Å². The van der Waals surface area contributed by atoms with E-state index in [1.807, 2.05) is 37.3 Å². The summed E-state index contributed by atoms with van der Waals surface area (Å²) in [5.74, 6) is 1.33. The summed E-state index contributed by atoms with van der Waals surface area (Å²) in [7, 11) is 0. The van der Waals surface area contributed by atoms with Crippen LogP contribution < -0.4 is 5.32 Å². The van der Waals surface area contributed by atoms with Gasteiger partial charge >= 0.3 is 0 Å². The smallest absolute Gasteiger partial charge is 0.251 e. The molecular weight excluding hydrogens is 302 g/mol. The van der Waals surface area contributed by atoms with Gasteiger partial charge in [0, 0.05) is 36.5 Å². The van der Waals surface area contributed by atoms with Crippen LogP contribution in [0.4, 0.5) is 0 Å². The lowest BCUT2D eigenvalue weighted by molar-refractivity contribution is 0.0953. The predicted molar refractivity (Wildman–Crippen MR) is 91.5 cm³/mol. The molecule has 0 aliphatic heterocycles. The Morgan fingerprint density at radius 1 is 1.21 bits per heavy atom. The van der Waals surface area contributed by atoms with E-state index in [1.165, 1.54) is 0 Å². The van der Waals surface area contributed by atoms with Crippen LogP contribution in [-0.2, 0) is 12.8 Å². The fourth-order valence-electron chi connectivity index (χ4n) is 2.44. The molecule has 0 aliphatic rings. The number of H-pyrrole nitrogens is 1. The molecule has 0 aliphatic carbocycles. The van der Waals surface area contributed by atoms with E-state index < -0.39 is 0 Å². The number of hydrogen-bond acceptors (Lipinski definition) is 4. The number of aromatic nitrogens is 4. The maximum absolute atomic E-state index is 12.3. The van der Waals surface area contributed by atoms with Crippen molar-refractivity contribution in [2.75, 3.05) is 6.54 Å². The Morgan fingerprint density at radius 3 is 2.83 bits per heavy atom. The second-order valence-corrected chi connectivity index (χ2v) is 5.36. The standard InChI is InChI=1S/C18H19N5O/c1-2-13-12-19-10-8-15(13)18(24)20-11-9-16-21-17(23-22-16)14-6-4-3-5-7-14/h3-8,10,12H,2,9,11H2,1H3,(H,20,24)(H,21,22,23). The van der Waals surface area contributed by atoms with Gasteiger partial charge in [-0.05, 0) is 18.1 Å². The van der Waals surface area contributed by atoms with Gasteiger partial charge in [-0.1, -0.05) is 37.3 Å². The number of carbonyl (C=O) groups is 1. The van der Waals surface area contributed by atoms with Crippen molar-refractivity contribution in [3.05, 3.63) is 65.7 Å². The molecule has 122 valence electrons. The average Bonchev–Trinajstić information content (AvgIpc) is 3.11. The van der Waals surface area contributed by atoms with Gasteiger partial charge in [0.05, 0.1) is 0 Å². The van der Waals surface area contributed by atoms with Crippen LogP contribution in [0.3, 0.4) is 0 Å². The Kier molecular flexibility index (Phi) is 4.96. The lowest BCUT2D eigenvalue weighted by atomic mass is 10.1. The van der Waals surface area contributed by atoms with Gasteiger partial charge in [0.25, 0.3) is 5.91 Å². The minimum Gasteiger partial charge on any atom is -0.352 e. The highest BCUT2D eigenvalue weighted by Crippen LogP contribution is 2.13. The second-order valence-electron chi connectivity index (χ2n) is 5.36. The summed E-state index contributed by atoms with van der Waals surface area (Å²) in [5, 5.41) is 10.0. The molecule has 1 aromatic carbocycles. The zero-order chi connectivity index (χ0) is 16.8. The molecule has 2 N–H and O–H groups in total. The molecule has 2 heterocycles. The Balaban J connectivity index is 1.57. The first-order valence-electron chi connectivity index (χ1n) is 7.95. The van der Waals surface area contributed by atoms with E-state index in [1.54, 1.807) is 18.5 Å². The van der Waals surface area contributed by atoms with Crippen molar-refractivity contribution >= 4 is 5.91 Å². The Bertz CT molecular complexity index is 813. The highest BCUT2D eigenvalue weighted by atomic mass is 16.1. The van der Waals surface area contributed by atoms with Crippen LogP contribution in [0.25, 0.3) is 11.4 Å². The molecule has 0 fully saturated rings. The van der Waals surface area contributed by atoms with Gasteiger partial charge in [-0.15, -0.1) is 0 Å². The molecule has 3 aromatic rings. The number of benzene rings is 1. The normalized spacial score (nSPS) is 10.5. The summed E-state index contributed by atoms with van der Waals surface area (Å²) >= 11 is 0. The monoisotopic (exact) mass is 321 g/mol. The van der Waals surface area contributed by atoms with Gasteiger partial charge in [0.2, 0.25) is 0 Å². The molecule has 6 heteroatoms. The molecule has 6 nitrogen and oxygen atoms in total. The van der Waals surface area contributed by atoms with Crippen molar-refractivity contribution in [1.29, 1.82) is 0 Å². The topological polar surface area (TPSA) is 83.6 Å². The fraction of sp³-hybridized carbons (Fsp3) is 0.222. The van der Waals surface area contributed by atoms with Crippen LogP contribution in [-0.4, -0.2) is 32.6 Å². The zero-order valence-electron chi connectivity index (χ0n) is 13.5. The third-order valence-electron chi connectivity index (χ3n) is 3.74. The lowest BCUT2D eigenvalue weighted by Gasteiger charge is -2.07. The maximum atomic E-state index is 12.3.